The summed E-state index contributed by atoms with van der Waals surface area (Å²) in [5, 5.41) is 0. The summed E-state index contributed by atoms with van der Waals surface area (Å²) in [7, 11) is 0. The monoisotopic (exact) mass is 333 g/mol. The van der Waals surface area contributed by atoms with Crippen LogP contribution in [0.25, 0.3) is 11.0 Å². The van der Waals surface area contributed by atoms with Gasteiger partial charge in [0.1, 0.15) is 5.60 Å². The number of nitrogens with one attached hydrogen (secondary N) is 1. The number of rotatable bonds is 6. The molecule has 0 bridgehead atoms. The molecule has 0 saturated carbocycles. The highest BCUT2D eigenvalue weighted by molar-refractivity contribution is 5.76. The van der Waals surface area contributed by atoms with Crippen LogP contribution in [0.4, 0.5) is 4.79 Å². The van der Waals surface area contributed by atoms with Gasteiger partial charge < -0.3 is 15.5 Å². The molecule has 6 heteroatoms. The van der Waals surface area contributed by atoms with Crippen LogP contribution in [0.2, 0.25) is 0 Å². The summed E-state index contributed by atoms with van der Waals surface area (Å²) in [4.78, 5) is 26.3. The van der Waals surface area contributed by atoms with Crippen molar-refractivity contribution in [1.29, 1.82) is 0 Å². The minimum atomic E-state index is -0.761. The van der Waals surface area contributed by atoms with Crippen molar-refractivity contribution in [3.05, 3.63) is 34.2 Å². The van der Waals surface area contributed by atoms with Crippen LogP contribution >= 0.6 is 0 Å². The van der Waals surface area contributed by atoms with Crippen molar-refractivity contribution >= 4 is 17.1 Å². The molecule has 0 aliphatic rings. The van der Waals surface area contributed by atoms with Crippen molar-refractivity contribution in [2.24, 2.45) is 5.73 Å². The number of fused-ring (bicyclic) bond motifs is 1. The number of hydrogen-bond acceptors (Lipinski definition) is 3. The van der Waals surface area contributed by atoms with Crippen LogP contribution in [0, 0.1) is 6.92 Å². The Hall–Kier alpha value is -2.24. The summed E-state index contributed by atoms with van der Waals surface area (Å²) in [6.07, 6.45) is 1.50. The minimum Gasteiger partial charge on any atom is -0.444 e. The van der Waals surface area contributed by atoms with Crippen molar-refractivity contribution in [2.75, 3.05) is 0 Å². The Morgan fingerprint density at radius 1 is 1.25 bits per heavy atom. The number of aromatic amines is 1. The fraction of sp³-hybridized carbons (Fsp3) is 0.556. The zero-order valence-corrected chi connectivity index (χ0v) is 15.1. The number of H-pyrrole nitrogens is 1. The predicted octanol–water partition coefficient (Wildman–Crippen LogP) is 3.42. The van der Waals surface area contributed by atoms with Gasteiger partial charge in [0.25, 0.3) is 0 Å². The van der Waals surface area contributed by atoms with Crippen LogP contribution in [0.3, 0.4) is 0 Å². The van der Waals surface area contributed by atoms with Crippen molar-refractivity contribution in [2.45, 2.75) is 65.0 Å². The first kappa shape index (κ1) is 18.1. The molecule has 1 aromatic heterocycles. The van der Waals surface area contributed by atoms with E-state index >= 15 is 0 Å². The molecule has 0 fully saturated rings. The Labute approximate surface area is 142 Å². The van der Waals surface area contributed by atoms with Crippen LogP contribution in [0.1, 0.15) is 52.5 Å². The molecule has 0 aliphatic carbocycles. The second kappa shape index (κ2) is 6.34. The van der Waals surface area contributed by atoms with Crippen LogP contribution in [-0.2, 0) is 10.3 Å². The van der Waals surface area contributed by atoms with E-state index < -0.39 is 11.7 Å². The fourth-order valence-electron chi connectivity index (χ4n) is 3.20. The largest absolute Gasteiger partial charge is 0.444 e. The summed E-state index contributed by atoms with van der Waals surface area (Å²) in [6, 6.07) is 5.94. The number of aryl methyl sites for hydroxylation is 1. The van der Waals surface area contributed by atoms with Gasteiger partial charge in [-0.25, -0.2) is 9.59 Å². The lowest BCUT2D eigenvalue weighted by atomic mass is 9.92. The number of nitrogens with zero attached hydrogens (tertiary/aromatic N) is 1. The van der Waals surface area contributed by atoms with Gasteiger partial charge >= 0.3 is 11.8 Å². The second-order valence-corrected chi connectivity index (χ2v) is 7.63. The summed E-state index contributed by atoms with van der Waals surface area (Å²) in [6.45, 7) is 9.79. The molecule has 2 aromatic rings. The fourth-order valence-corrected chi connectivity index (χ4v) is 3.20. The zero-order valence-electron chi connectivity index (χ0n) is 15.1. The number of amides is 1. The van der Waals surface area contributed by atoms with Gasteiger partial charge in [0.15, 0.2) is 0 Å². The van der Waals surface area contributed by atoms with E-state index in [9.17, 15) is 9.59 Å². The molecule has 0 spiro atoms. The van der Waals surface area contributed by atoms with Crippen LogP contribution in [0.5, 0.6) is 0 Å². The third-order valence-electron chi connectivity index (χ3n) is 4.39. The van der Waals surface area contributed by atoms with Crippen LogP contribution in [0.15, 0.2) is 23.0 Å². The number of benzene rings is 1. The molecule has 0 atom stereocenters. The van der Waals surface area contributed by atoms with Crippen molar-refractivity contribution in [3.63, 3.8) is 0 Å². The first-order valence-electron chi connectivity index (χ1n) is 8.22. The van der Waals surface area contributed by atoms with Crippen molar-refractivity contribution in [1.82, 2.24) is 9.55 Å². The maximum atomic E-state index is 12.4. The van der Waals surface area contributed by atoms with E-state index in [2.05, 4.69) is 4.98 Å². The molecule has 0 aliphatic heterocycles. The van der Waals surface area contributed by atoms with E-state index in [0.717, 1.165) is 29.4 Å². The Bertz CT molecular complexity index is 799. The van der Waals surface area contributed by atoms with E-state index in [1.165, 1.54) is 0 Å². The van der Waals surface area contributed by atoms with Gasteiger partial charge in [-0.3, -0.25) is 4.57 Å². The van der Waals surface area contributed by atoms with E-state index in [1.54, 1.807) is 0 Å². The van der Waals surface area contributed by atoms with E-state index in [-0.39, 0.29) is 11.2 Å². The second-order valence-electron chi connectivity index (χ2n) is 7.63. The van der Waals surface area contributed by atoms with Gasteiger partial charge in [0.05, 0.1) is 11.0 Å². The number of aromatic nitrogens is 2. The van der Waals surface area contributed by atoms with Gasteiger partial charge in [0, 0.05) is 5.54 Å². The van der Waals surface area contributed by atoms with Gasteiger partial charge in [-0.1, -0.05) is 6.07 Å². The summed E-state index contributed by atoms with van der Waals surface area (Å²) in [5.74, 6) is 0. The topological polar surface area (TPSA) is 90.1 Å². The van der Waals surface area contributed by atoms with Gasteiger partial charge in [-0.05, 0) is 71.6 Å². The Morgan fingerprint density at radius 2 is 1.92 bits per heavy atom. The normalized spacial score (nSPS) is 12.5. The Kier molecular flexibility index (Phi) is 4.78. The lowest BCUT2D eigenvalue weighted by Crippen LogP contribution is -2.36. The van der Waals surface area contributed by atoms with Gasteiger partial charge in [0.2, 0.25) is 0 Å². The molecule has 2 rings (SSSR count). The zero-order chi connectivity index (χ0) is 18.1. The molecule has 0 radical (unpaired) electrons. The Morgan fingerprint density at radius 3 is 2.54 bits per heavy atom. The highest BCUT2D eigenvalue weighted by atomic mass is 16.6. The summed E-state index contributed by atoms with van der Waals surface area (Å²) in [5.41, 5.74) is 6.90. The highest BCUT2D eigenvalue weighted by Gasteiger charge is 2.27. The number of carbonyl (C=O) groups excluding carboxylic acids is 1. The molecule has 1 amide bonds. The third-order valence-corrected chi connectivity index (χ3v) is 4.39. The number of hydrogen-bond donors (Lipinski definition) is 2. The van der Waals surface area contributed by atoms with E-state index in [1.807, 2.05) is 57.4 Å². The van der Waals surface area contributed by atoms with Crippen molar-refractivity contribution < 1.29 is 9.53 Å². The van der Waals surface area contributed by atoms with Gasteiger partial charge in [-0.15, -0.1) is 0 Å². The average Bonchev–Trinajstić information content (AvgIpc) is 2.72. The molecule has 132 valence electrons. The first-order chi connectivity index (χ1) is 11.0. The summed E-state index contributed by atoms with van der Waals surface area (Å²) < 4.78 is 6.93. The standard InChI is InChI=1S/C18H27N3O3/c1-12-7-8-13-14(11-12)21(16(23)20-13)17(2,3)9-6-10-18(4,5)24-15(19)22/h7-8,11H,6,9-10H2,1-5H3,(H2,19,22)(H,20,23). The molecular formula is C18H27N3O3. The lowest BCUT2D eigenvalue weighted by molar-refractivity contribution is 0.0355. The third kappa shape index (κ3) is 3.99. The molecule has 6 nitrogen and oxygen atoms in total. The molecule has 3 N–H and O–H groups in total. The van der Waals surface area contributed by atoms with E-state index in [0.29, 0.717) is 6.42 Å². The lowest BCUT2D eigenvalue weighted by Gasteiger charge is -2.29. The Balaban J connectivity index is 2.19. The first-order valence-corrected chi connectivity index (χ1v) is 8.22. The smallest absolute Gasteiger partial charge is 0.405 e. The molecule has 24 heavy (non-hydrogen) atoms. The number of primary amides is 1. The minimum absolute atomic E-state index is 0.103. The molecule has 1 aromatic carbocycles. The molecule has 1 heterocycles. The van der Waals surface area contributed by atoms with Crippen LogP contribution < -0.4 is 11.4 Å². The van der Waals surface area contributed by atoms with E-state index in [4.69, 9.17) is 10.5 Å². The van der Waals surface area contributed by atoms with Crippen molar-refractivity contribution in [3.8, 4) is 0 Å². The average molecular weight is 333 g/mol. The number of ether oxygens (including phenoxy) is 1. The van der Waals surface area contributed by atoms with Gasteiger partial charge in [-0.2, -0.15) is 0 Å². The molecule has 0 unspecified atom stereocenters. The number of nitrogens with two attached hydrogens (primary N) is 1. The summed E-state index contributed by atoms with van der Waals surface area (Å²) >= 11 is 0. The maximum absolute atomic E-state index is 12.4. The number of imidazole rings is 1. The van der Waals surface area contributed by atoms with Crippen LogP contribution in [-0.4, -0.2) is 21.2 Å². The maximum Gasteiger partial charge on any atom is 0.405 e. The quantitative estimate of drug-likeness (QED) is 0.848. The highest BCUT2D eigenvalue weighted by Crippen LogP contribution is 2.28. The predicted molar refractivity (Wildman–Crippen MR) is 95.2 cm³/mol. The molecule has 0 saturated heterocycles. The SMILES string of the molecule is Cc1ccc2[nH]c(=O)n(C(C)(C)CCCC(C)(C)OC(N)=O)c2c1. The number of carbonyl (C=O) groups is 1. The molecular weight excluding hydrogens is 306 g/mol.